The van der Waals surface area contributed by atoms with E-state index in [0.717, 1.165) is 50.4 Å². The molecule has 2 aliphatic rings. The Bertz CT molecular complexity index is 1430. The lowest BCUT2D eigenvalue weighted by molar-refractivity contribution is 0.208. The first-order valence-corrected chi connectivity index (χ1v) is 12.2. The number of piperidine rings is 1. The fourth-order valence-corrected chi connectivity index (χ4v) is 6.88. The smallest absolute Gasteiger partial charge is 0.186 e. The molecular weight excluding hydrogens is 430 g/mol. The highest BCUT2D eigenvalue weighted by Crippen LogP contribution is 2.44. The molecular formula is C25H27N7S. The minimum Gasteiger partial charge on any atom is -0.348 e. The molecule has 0 aliphatic carbocycles. The van der Waals surface area contributed by atoms with Gasteiger partial charge in [-0.25, -0.2) is 4.98 Å². The lowest BCUT2D eigenvalue weighted by atomic mass is 9.84. The maximum atomic E-state index is 9.62. The van der Waals surface area contributed by atoms with Crippen LogP contribution in [0, 0.1) is 11.3 Å². The van der Waals surface area contributed by atoms with E-state index >= 15 is 0 Å². The lowest BCUT2D eigenvalue weighted by Gasteiger charge is -2.45. The molecule has 0 saturated carbocycles. The molecule has 3 aromatic heterocycles. The summed E-state index contributed by atoms with van der Waals surface area (Å²) in [5.41, 5.74) is 4.43. The monoisotopic (exact) mass is 457 g/mol. The number of rotatable bonds is 3. The van der Waals surface area contributed by atoms with Crippen LogP contribution in [0.25, 0.3) is 32.4 Å². The van der Waals surface area contributed by atoms with Gasteiger partial charge >= 0.3 is 0 Å². The number of thiazole rings is 1. The number of benzene rings is 1. The van der Waals surface area contributed by atoms with Crippen LogP contribution >= 0.6 is 11.3 Å². The van der Waals surface area contributed by atoms with Crippen molar-refractivity contribution in [2.24, 2.45) is 7.05 Å². The van der Waals surface area contributed by atoms with Gasteiger partial charge in [0.25, 0.3) is 0 Å². The second kappa shape index (κ2) is 6.99. The summed E-state index contributed by atoms with van der Waals surface area (Å²) in [6.45, 7) is 4.72. The van der Waals surface area contributed by atoms with Gasteiger partial charge in [0.05, 0.1) is 22.2 Å². The van der Waals surface area contributed by atoms with Crippen LogP contribution in [0.3, 0.4) is 0 Å². The maximum absolute atomic E-state index is 9.62. The number of aryl methyl sites for hydroxylation is 1. The molecule has 5 heterocycles. The molecule has 2 aliphatic heterocycles. The molecule has 4 aromatic rings. The number of aromatic nitrogens is 4. The number of hydrogen-bond acceptors (Lipinski definition) is 7. The fraction of sp³-hybridized carbons (Fsp3) is 0.440. The predicted octanol–water partition coefficient (Wildman–Crippen LogP) is 4.62. The van der Waals surface area contributed by atoms with E-state index in [9.17, 15) is 5.26 Å². The van der Waals surface area contributed by atoms with Crippen LogP contribution in [0.5, 0.6) is 0 Å². The van der Waals surface area contributed by atoms with Gasteiger partial charge in [0, 0.05) is 48.4 Å². The fourth-order valence-electron chi connectivity index (χ4n) is 5.87. The van der Waals surface area contributed by atoms with Crippen LogP contribution in [-0.4, -0.2) is 43.9 Å². The van der Waals surface area contributed by atoms with Crippen molar-refractivity contribution in [1.82, 2.24) is 25.1 Å². The molecule has 0 radical (unpaired) electrons. The Kier molecular flexibility index (Phi) is 4.36. The van der Waals surface area contributed by atoms with E-state index in [0.29, 0.717) is 11.6 Å². The first kappa shape index (κ1) is 20.6. The zero-order chi connectivity index (χ0) is 23.0. The Morgan fingerprint density at radius 3 is 2.70 bits per heavy atom. The summed E-state index contributed by atoms with van der Waals surface area (Å²) >= 11 is 1.72. The highest BCUT2D eigenvalue weighted by Gasteiger charge is 2.49. The van der Waals surface area contributed by atoms with E-state index in [2.05, 4.69) is 59.4 Å². The van der Waals surface area contributed by atoms with Crippen LogP contribution in [0.2, 0.25) is 0 Å². The van der Waals surface area contributed by atoms with Crippen molar-refractivity contribution in [3.63, 3.8) is 0 Å². The molecule has 8 heteroatoms. The van der Waals surface area contributed by atoms with Crippen molar-refractivity contribution < 1.29 is 0 Å². The first-order valence-electron chi connectivity index (χ1n) is 11.4. The second-order valence-electron chi connectivity index (χ2n) is 10.3. The van der Waals surface area contributed by atoms with E-state index in [4.69, 9.17) is 4.98 Å². The Labute approximate surface area is 197 Å². The van der Waals surface area contributed by atoms with Crippen molar-refractivity contribution in [3.05, 3.63) is 36.2 Å². The third-order valence-corrected chi connectivity index (χ3v) is 8.57. The molecule has 7 nitrogen and oxygen atoms in total. The van der Waals surface area contributed by atoms with E-state index < -0.39 is 0 Å². The van der Waals surface area contributed by atoms with Gasteiger partial charge in [-0.2, -0.15) is 10.4 Å². The largest absolute Gasteiger partial charge is 0.348 e. The minimum absolute atomic E-state index is 0.223. The minimum atomic E-state index is 0.223. The number of nitrogens with one attached hydrogen (secondary N) is 1. The quantitative estimate of drug-likeness (QED) is 0.484. The summed E-state index contributed by atoms with van der Waals surface area (Å²) in [6.07, 6.45) is 8.55. The van der Waals surface area contributed by atoms with Gasteiger partial charge in [-0.05, 0) is 57.7 Å². The standard InChI is InChI=1S/C25H27N7S/c1-24-5-6-25(2,30-24)11-18(10-24)32(4)23-28-20-13-27-19(9-21(20)33-23)15-7-16(12-26)22-17(8-15)14-31(3)29-22/h7-9,13-14,18,30H,5-6,10-11H2,1-4H3. The van der Waals surface area contributed by atoms with Crippen molar-refractivity contribution in [2.45, 2.75) is 56.7 Å². The van der Waals surface area contributed by atoms with E-state index in [-0.39, 0.29) is 11.1 Å². The number of pyridine rings is 1. The third-order valence-electron chi connectivity index (χ3n) is 7.46. The number of hydrogen-bond donors (Lipinski definition) is 1. The van der Waals surface area contributed by atoms with Crippen molar-refractivity contribution >= 4 is 37.6 Å². The number of anilines is 1. The average molecular weight is 458 g/mol. The number of nitriles is 1. The van der Waals surface area contributed by atoms with Gasteiger partial charge in [0.15, 0.2) is 5.13 Å². The Hall–Kier alpha value is -3.02. The molecule has 2 bridgehead atoms. The van der Waals surface area contributed by atoms with Gasteiger partial charge in [0.1, 0.15) is 17.1 Å². The van der Waals surface area contributed by atoms with Crippen LogP contribution < -0.4 is 10.2 Å². The molecule has 2 fully saturated rings. The zero-order valence-electron chi connectivity index (χ0n) is 19.4. The van der Waals surface area contributed by atoms with E-state index in [1.54, 1.807) is 16.0 Å². The Morgan fingerprint density at radius 2 is 1.97 bits per heavy atom. The lowest BCUT2D eigenvalue weighted by Crippen LogP contribution is -2.58. The number of nitrogens with zero attached hydrogens (tertiary/aromatic N) is 6. The zero-order valence-corrected chi connectivity index (χ0v) is 20.2. The highest BCUT2D eigenvalue weighted by molar-refractivity contribution is 7.22. The topological polar surface area (TPSA) is 82.7 Å². The predicted molar refractivity (Wildman–Crippen MR) is 132 cm³/mol. The first-order chi connectivity index (χ1) is 15.7. The molecule has 33 heavy (non-hydrogen) atoms. The normalized spacial score (nSPS) is 26.7. The van der Waals surface area contributed by atoms with Gasteiger partial charge in [-0.1, -0.05) is 11.3 Å². The summed E-state index contributed by atoms with van der Waals surface area (Å²) in [5, 5.41) is 19.9. The number of fused-ring (bicyclic) bond motifs is 4. The molecule has 2 unspecified atom stereocenters. The molecule has 6 rings (SSSR count). The molecule has 168 valence electrons. The molecule has 2 saturated heterocycles. The van der Waals surface area contributed by atoms with Crippen LogP contribution in [0.1, 0.15) is 45.1 Å². The van der Waals surface area contributed by atoms with E-state index in [1.807, 2.05) is 25.5 Å². The molecule has 0 amide bonds. The highest BCUT2D eigenvalue weighted by atomic mass is 32.1. The summed E-state index contributed by atoms with van der Waals surface area (Å²) < 4.78 is 2.85. The van der Waals surface area contributed by atoms with Crippen molar-refractivity contribution in [1.29, 1.82) is 5.26 Å². The van der Waals surface area contributed by atoms with Crippen LogP contribution in [-0.2, 0) is 7.05 Å². The van der Waals surface area contributed by atoms with Gasteiger partial charge < -0.3 is 10.2 Å². The SMILES string of the molecule is CN(c1nc2cnc(-c3cc(C#N)c4nn(C)cc4c3)cc2s1)C1CC2(C)CCC(C)(C1)N2. The molecule has 1 N–H and O–H groups in total. The second-order valence-corrected chi connectivity index (χ2v) is 11.3. The van der Waals surface area contributed by atoms with Gasteiger partial charge in [-0.15, -0.1) is 0 Å². The van der Waals surface area contributed by atoms with Crippen LogP contribution in [0.4, 0.5) is 5.13 Å². The summed E-state index contributed by atoms with van der Waals surface area (Å²) in [7, 11) is 4.05. The van der Waals surface area contributed by atoms with Gasteiger partial charge in [-0.3, -0.25) is 9.67 Å². The maximum Gasteiger partial charge on any atom is 0.186 e. The third kappa shape index (κ3) is 3.38. The Morgan fingerprint density at radius 1 is 1.21 bits per heavy atom. The van der Waals surface area contributed by atoms with E-state index in [1.165, 1.54) is 12.8 Å². The molecule has 2 atom stereocenters. The van der Waals surface area contributed by atoms with Crippen molar-refractivity contribution in [3.8, 4) is 17.3 Å². The molecule has 0 spiro atoms. The molecule has 1 aromatic carbocycles. The summed E-state index contributed by atoms with van der Waals surface area (Å²) in [5.74, 6) is 0. The summed E-state index contributed by atoms with van der Waals surface area (Å²) in [6, 6.07) is 8.78. The van der Waals surface area contributed by atoms with Crippen molar-refractivity contribution in [2.75, 3.05) is 11.9 Å². The van der Waals surface area contributed by atoms with Gasteiger partial charge in [0.2, 0.25) is 0 Å². The van der Waals surface area contributed by atoms with Crippen LogP contribution in [0.15, 0.2) is 30.6 Å². The Balaban J connectivity index is 1.34. The average Bonchev–Trinajstić information content (AvgIpc) is 3.43. The summed E-state index contributed by atoms with van der Waals surface area (Å²) in [4.78, 5) is 12.0.